The molecule has 0 bridgehead atoms. The second-order valence-electron chi connectivity index (χ2n) is 16.0. The molecule has 284 valence electrons. The maximum absolute atomic E-state index is 2.53. The predicted molar refractivity (Wildman–Crippen MR) is 254 cm³/mol. The Morgan fingerprint density at radius 1 is 0.450 bits per heavy atom. The second kappa shape index (κ2) is 14.0. The van der Waals surface area contributed by atoms with Gasteiger partial charge in [0.2, 0.25) is 0 Å². The Morgan fingerprint density at radius 3 is 1.77 bits per heavy atom. The van der Waals surface area contributed by atoms with Crippen LogP contribution in [0.3, 0.4) is 0 Å². The van der Waals surface area contributed by atoms with Crippen LogP contribution in [0, 0.1) is 0 Å². The van der Waals surface area contributed by atoms with E-state index in [1.165, 1.54) is 76.4 Å². The molecule has 0 saturated carbocycles. The van der Waals surface area contributed by atoms with Crippen molar-refractivity contribution >= 4 is 49.9 Å². The average molecular weight is 785 g/mol. The quantitative estimate of drug-likeness (QED) is 0.159. The van der Waals surface area contributed by atoms with Gasteiger partial charge in [0.25, 0.3) is 0 Å². The first-order valence-electron chi connectivity index (χ1n) is 20.9. The first kappa shape index (κ1) is 34.8. The Balaban J connectivity index is 1.06. The molecule has 12 rings (SSSR count). The molecule has 0 aliphatic heterocycles. The third-order valence-electron chi connectivity index (χ3n) is 12.8. The number of anilines is 5. The van der Waals surface area contributed by atoms with Gasteiger partial charge in [0.05, 0.1) is 11.5 Å². The summed E-state index contributed by atoms with van der Waals surface area (Å²) in [5.74, 6) is 0. The van der Waals surface area contributed by atoms with E-state index in [1.807, 2.05) is 11.3 Å². The minimum atomic E-state index is -0.496. The van der Waals surface area contributed by atoms with Crippen LogP contribution >= 0.6 is 11.3 Å². The van der Waals surface area contributed by atoms with E-state index in [2.05, 4.69) is 234 Å². The summed E-state index contributed by atoms with van der Waals surface area (Å²) in [7, 11) is 0. The fourth-order valence-corrected chi connectivity index (χ4v) is 11.5. The number of rotatable bonds is 7. The molecular weight excluding hydrogens is 745 g/mol. The summed E-state index contributed by atoms with van der Waals surface area (Å²) >= 11 is 1.94. The maximum Gasteiger partial charge on any atom is 0.0741 e. The highest BCUT2D eigenvalue weighted by molar-refractivity contribution is 7.22. The van der Waals surface area contributed by atoms with Gasteiger partial charge in [-0.2, -0.15) is 0 Å². The lowest BCUT2D eigenvalue weighted by Crippen LogP contribution is -2.31. The fourth-order valence-electron chi connectivity index (χ4n) is 10.2. The van der Waals surface area contributed by atoms with E-state index in [1.54, 1.807) is 0 Å². The summed E-state index contributed by atoms with van der Waals surface area (Å²) in [6.07, 6.45) is 9.95. The molecule has 3 aliphatic carbocycles. The lowest BCUT2D eigenvalue weighted by atomic mass is 9.69. The molecule has 1 spiro atoms. The Morgan fingerprint density at radius 2 is 1.03 bits per heavy atom. The number of hydrogen-bond acceptors (Lipinski definition) is 3. The van der Waals surface area contributed by atoms with E-state index < -0.39 is 5.41 Å². The van der Waals surface area contributed by atoms with Crippen LogP contribution in [0.25, 0.3) is 42.8 Å². The van der Waals surface area contributed by atoms with Gasteiger partial charge in [-0.05, 0) is 135 Å². The second-order valence-corrected chi connectivity index (χ2v) is 17.0. The standard InChI is InChI=1S/C57H40N2S/c1-5-17-41(18-6-1)58(42-19-7-2-8-20-42)45-32-29-39(30-33-45)40-31-35-48-47-25-13-15-27-51(47)57(52(48)37-40)53-38-46(59(43-21-9-3-10-22-43)44-23-11-4-12-24-44)34-36-49(53)56-55(57)50-26-14-16-28-54(50)60-56/h1-23,25-38,44H,24H2. The first-order valence-corrected chi connectivity index (χ1v) is 21.7. The van der Waals surface area contributed by atoms with Gasteiger partial charge in [-0.15, -0.1) is 11.3 Å². The molecule has 2 nitrogen and oxygen atoms in total. The van der Waals surface area contributed by atoms with Crippen LogP contribution in [0.5, 0.6) is 0 Å². The van der Waals surface area contributed by atoms with Gasteiger partial charge in [-0.1, -0.05) is 152 Å². The minimum absolute atomic E-state index is 0.208. The van der Waals surface area contributed by atoms with Gasteiger partial charge in [0, 0.05) is 38.0 Å². The molecule has 2 unspecified atom stereocenters. The summed E-state index contributed by atoms with van der Waals surface area (Å²) in [4.78, 5) is 6.24. The normalized spacial score (nSPS) is 16.7. The van der Waals surface area contributed by atoms with Crippen LogP contribution in [0.1, 0.15) is 28.7 Å². The molecule has 0 N–H and O–H groups in total. The van der Waals surface area contributed by atoms with Crippen molar-refractivity contribution in [2.45, 2.75) is 17.9 Å². The minimum Gasteiger partial charge on any atom is -0.334 e. The lowest BCUT2D eigenvalue weighted by Gasteiger charge is -2.35. The van der Waals surface area contributed by atoms with Crippen molar-refractivity contribution in [1.29, 1.82) is 0 Å². The highest BCUT2D eigenvalue weighted by atomic mass is 32.1. The summed E-state index contributed by atoms with van der Waals surface area (Å²) in [6.45, 7) is 0. The van der Waals surface area contributed by atoms with Crippen molar-refractivity contribution in [3.63, 3.8) is 0 Å². The SMILES string of the molecule is C1=CCC(N(c2ccccc2)c2ccc3c(c2)C2(c4ccccc4-c4ccc(-c5ccc(N(c6ccccc6)c6ccccc6)cc5)cc42)c2c-3sc3ccccc23)C=C1. The predicted octanol–water partition coefficient (Wildman–Crippen LogP) is 15.4. The molecule has 8 aromatic carbocycles. The van der Waals surface area contributed by atoms with Crippen molar-refractivity contribution < 1.29 is 0 Å². The van der Waals surface area contributed by atoms with E-state index in [4.69, 9.17) is 0 Å². The molecule has 0 fully saturated rings. The molecule has 60 heavy (non-hydrogen) atoms. The first-order chi connectivity index (χ1) is 29.8. The van der Waals surface area contributed by atoms with Crippen LogP contribution < -0.4 is 9.80 Å². The van der Waals surface area contributed by atoms with Crippen molar-refractivity contribution in [3.8, 4) is 32.7 Å². The van der Waals surface area contributed by atoms with Crippen LogP contribution in [0.15, 0.2) is 224 Å². The largest absolute Gasteiger partial charge is 0.334 e. The van der Waals surface area contributed by atoms with Crippen LogP contribution in [-0.4, -0.2) is 6.04 Å². The van der Waals surface area contributed by atoms with Crippen molar-refractivity contribution in [3.05, 3.63) is 247 Å². The Kier molecular flexibility index (Phi) is 8.11. The zero-order chi connectivity index (χ0) is 39.6. The van der Waals surface area contributed by atoms with E-state index in [-0.39, 0.29) is 6.04 Å². The third-order valence-corrected chi connectivity index (χ3v) is 14.0. The molecule has 3 aliphatic rings. The number of para-hydroxylation sites is 3. The molecule has 0 radical (unpaired) electrons. The summed E-state index contributed by atoms with van der Waals surface area (Å²) in [5.41, 5.74) is 17.2. The van der Waals surface area contributed by atoms with E-state index in [9.17, 15) is 0 Å². The Labute approximate surface area is 355 Å². The smallest absolute Gasteiger partial charge is 0.0741 e. The van der Waals surface area contributed by atoms with Gasteiger partial charge in [-0.25, -0.2) is 0 Å². The number of nitrogens with zero attached hydrogens (tertiary/aromatic N) is 2. The van der Waals surface area contributed by atoms with Gasteiger partial charge in [0.15, 0.2) is 0 Å². The zero-order valence-corrected chi connectivity index (χ0v) is 33.8. The summed E-state index contributed by atoms with van der Waals surface area (Å²) in [5, 5.41) is 1.34. The maximum atomic E-state index is 2.53. The van der Waals surface area contributed by atoms with Crippen molar-refractivity contribution in [2.75, 3.05) is 9.80 Å². The van der Waals surface area contributed by atoms with E-state index >= 15 is 0 Å². The fraction of sp³-hybridized carbons (Fsp3) is 0.0526. The highest BCUT2D eigenvalue weighted by Crippen LogP contribution is 2.66. The number of thiophene rings is 1. The molecule has 9 aromatic rings. The lowest BCUT2D eigenvalue weighted by molar-refractivity contribution is 0.776. The number of benzene rings is 8. The van der Waals surface area contributed by atoms with Crippen molar-refractivity contribution in [1.82, 2.24) is 0 Å². The molecule has 3 heteroatoms. The van der Waals surface area contributed by atoms with Gasteiger partial charge in [-0.3, -0.25) is 0 Å². The molecule has 1 heterocycles. The summed E-state index contributed by atoms with van der Waals surface area (Å²) in [6, 6.07) is 74.3. The van der Waals surface area contributed by atoms with E-state index in [0.717, 1.165) is 23.5 Å². The van der Waals surface area contributed by atoms with Crippen LogP contribution in [0.4, 0.5) is 28.4 Å². The zero-order valence-electron chi connectivity index (χ0n) is 32.9. The third kappa shape index (κ3) is 5.26. The monoisotopic (exact) mass is 784 g/mol. The number of allylic oxidation sites excluding steroid dienone is 2. The van der Waals surface area contributed by atoms with Gasteiger partial charge < -0.3 is 9.80 Å². The number of fused-ring (bicyclic) bond motifs is 12. The average Bonchev–Trinajstić information content (AvgIpc) is 3.94. The molecule has 0 saturated heterocycles. The molecule has 1 aromatic heterocycles. The molecular formula is C57H40N2S. The van der Waals surface area contributed by atoms with Gasteiger partial charge >= 0.3 is 0 Å². The number of hydrogen-bond donors (Lipinski definition) is 0. The van der Waals surface area contributed by atoms with E-state index in [0.29, 0.717) is 0 Å². The Bertz CT molecular complexity index is 3090. The molecule has 0 amide bonds. The highest BCUT2D eigenvalue weighted by Gasteiger charge is 2.53. The molecule has 2 atom stereocenters. The van der Waals surface area contributed by atoms with Crippen LogP contribution in [0.2, 0.25) is 0 Å². The topological polar surface area (TPSA) is 6.48 Å². The van der Waals surface area contributed by atoms with Crippen molar-refractivity contribution in [2.24, 2.45) is 0 Å². The summed E-state index contributed by atoms with van der Waals surface area (Å²) < 4.78 is 1.33. The van der Waals surface area contributed by atoms with Gasteiger partial charge in [0.1, 0.15) is 0 Å². The van der Waals surface area contributed by atoms with Crippen LogP contribution in [-0.2, 0) is 5.41 Å². The Hall–Kier alpha value is -7.20.